The third-order valence-corrected chi connectivity index (χ3v) is 2.86. The van der Waals surface area contributed by atoms with Crippen molar-refractivity contribution in [2.45, 2.75) is 6.92 Å². The molecule has 0 aliphatic carbocycles. The van der Waals surface area contributed by atoms with Gasteiger partial charge in [0.25, 0.3) is 0 Å². The lowest BCUT2D eigenvalue weighted by Gasteiger charge is -2.07. The lowest BCUT2D eigenvalue weighted by molar-refractivity contribution is 0.187. The van der Waals surface area contributed by atoms with Crippen molar-refractivity contribution in [3.8, 4) is 0 Å². The van der Waals surface area contributed by atoms with Crippen molar-refractivity contribution in [3.63, 3.8) is 0 Å². The molecule has 1 aromatic carbocycles. The van der Waals surface area contributed by atoms with E-state index < -0.39 is 6.09 Å². The van der Waals surface area contributed by atoms with Crippen LogP contribution in [0.25, 0.3) is 0 Å². The average Bonchev–Trinajstić information content (AvgIpc) is 2.13. The summed E-state index contributed by atoms with van der Waals surface area (Å²) in [5.41, 5.74) is 1.84. The number of halogens is 1. The minimum atomic E-state index is -0.440. The number of carbonyl (C=O) groups excluding carboxylic acids is 1. The molecule has 0 bridgehead atoms. The SMILES string of the molecule is COC(=O)Nc1cccc(I)c1C. The second-order valence-corrected chi connectivity index (χ2v) is 3.69. The Morgan fingerprint density at radius 2 is 2.23 bits per heavy atom. The number of anilines is 1. The average molecular weight is 291 g/mol. The van der Waals surface area contributed by atoms with Crippen molar-refractivity contribution < 1.29 is 9.53 Å². The van der Waals surface area contributed by atoms with Crippen molar-refractivity contribution in [3.05, 3.63) is 27.3 Å². The van der Waals surface area contributed by atoms with Gasteiger partial charge in [-0.1, -0.05) is 6.07 Å². The number of methoxy groups -OCH3 is 1. The lowest BCUT2D eigenvalue weighted by Crippen LogP contribution is -2.12. The number of rotatable bonds is 1. The summed E-state index contributed by atoms with van der Waals surface area (Å²) in [5.74, 6) is 0. The van der Waals surface area contributed by atoms with Crippen molar-refractivity contribution in [1.29, 1.82) is 0 Å². The van der Waals surface area contributed by atoms with Gasteiger partial charge in [0.15, 0.2) is 0 Å². The van der Waals surface area contributed by atoms with Crippen LogP contribution in [0.4, 0.5) is 10.5 Å². The molecule has 70 valence electrons. The minimum absolute atomic E-state index is 0.440. The van der Waals surface area contributed by atoms with Gasteiger partial charge < -0.3 is 4.74 Å². The highest BCUT2D eigenvalue weighted by Gasteiger charge is 2.04. The van der Waals surface area contributed by atoms with Gasteiger partial charge in [0, 0.05) is 9.26 Å². The maximum Gasteiger partial charge on any atom is 0.411 e. The van der Waals surface area contributed by atoms with Crippen LogP contribution in [0.2, 0.25) is 0 Å². The maximum atomic E-state index is 10.9. The molecule has 0 saturated carbocycles. The van der Waals surface area contributed by atoms with Crippen LogP contribution in [-0.2, 0) is 4.74 Å². The molecule has 0 aliphatic heterocycles. The highest BCUT2D eigenvalue weighted by molar-refractivity contribution is 14.1. The van der Waals surface area contributed by atoms with Gasteiger partial charge in [-0.05, 0) is 47.2 Å². The highest BCUT2D eigenvalue weighted by atomic mass is 127. The summed E-state index contributed by atoms with van der Waals surface area (Å²) in [6.45, 7) is 1.95. The Labute approximate surface area is 90.6 Å². The zero-order chi connectivity index (χ0) is 9.84. The van der Waals surface area contributed by atoms with Gasteiger partial charge in [-0.25, -0.2) is 4.79 Å². The zero-order valence-electron chi connectivity index (χ0n) is 7.43. The van der Waals surface area contributed by atoms with Crippen LogP contribution in [0.3, 0.4) is 0 Å². The fourth-order valence-electron chi connectivity index (χ4n) is 0.904. The third kappa shape index (κ3) is 2.58. The molecule has 3 nitrogen and oxygen atoms in total. The zero-order valence-corrected chi connectivity index (χ0v) is 9.58. The van der Waals surface area contributed by atoms with E-state index in [0.717, 1.165) is 14.8 Å². The lowest BCUT2D eigenvalue weighted by atomic mass is 10.2. The van der Waals surface area contributed by atoms with Crippen LogP contribution >= 0.6 is 22.6 Å². The van der Waals surface area contributed by atoms with Crippen LogP contribution in [0.5, 0.6) is 0 Å². The van der Waals surface area contributed by atoms with Gasteiger partial charge >= 0.3 is 6.09 Å². The molecule has 0 aliphatic rings. The topological polar surface area (TPSA) is 38.3 Å². The third-order valence-electron chi connectivity index (χ3n) is 1.69. The van der Waals surface area contributed by atoms with Crippen molar-refractivity contribution in [2.75, 3.05) is 12.4 Å². The first-order chi connectivity index (χ1) is 6.15. The van der Waals surface area contributed by atoms with E-state index >= 15 is 0 Å². The molecule has 0 unspecified atom stereocenters. The molecule has 0 spiro atoms. The van der Waals surface area contributed by atoms with Crippen LogP contribution < -0.4 is 5.32 Å². The number of hydrogen-bond acceptors (Lipinski definition) is 2. The molecule has 0 saturated heterocycles. The molecule has 0 atom stereocenters. The maximum absolute atomic E-state index is 10.9. The normalized spacial score (nSPS) is 9.46. The summed E-state index contributed by atoms with van der Waals surface area (Å²) in [6, 6.07) is 5.72. The van der Waals surface area contributed by atoms with Gasteiger partial charge in [-0.15, -0.1) is 0 Å². The minimum Gasteiger partial charge on any atom is -0.453 e. The van der Waals surface area contributed by atoms with Gasteiger partial charge in [-0.2, -0.15) is 0 Å². The van der Waals surface area contributed by atoms with E-state index in [-0.39, 0.29) is 0 Å². The van der Waals surface area contributed by atoms with E-state index in [1.165, 1.54) is 7.11 Å². The van der Waals surface area contributed by atoms with Gasteiger partial charge in [-0.3, -0.25) is 5.32 Å². The summed E-state index contributed by atoms with van der Waals surface area (Å²) in [6.07, 6.45) is -0.440. The molecule has 0 fully saturated rings. The van der Waals surface area contributed by atoms with Gasteiger partial charge in [0.05, 0.1) is 7.11 Å². The first kappa shape index (κ1) is 10.3. The first-order valence-electron chi connectivity index (χ1n) is 3.75. The van der Waals surface area contributed by atoms with E-state index in [1.807, 2.05) is 25.1 Å². The molecule has 0 heterocycles. The predicted octanol–water partition coefficient (Wildman–Crippen LogP) is 2.78. The molecule has 4 heteroatoms. The molecular weight excluding hydrogens is 281 g/mol. The molecule has 1 amide bonds. The van der Waals surface area contributed by atoms with Gasteiger partial charge in [0.1, 0.15) is 0 Å². The number of carbonyl (C=O) groups is 1. The quantitative estimate of drug-likeness (QED) is 0.808. The number of nitrogens with one attached hydrogen (secondary N) is 1. The Morgan fingerprint density at radius 3 is 2.85 bits per heavy atom. The van der Waals surface area contributed by atoms with Crippen LogP contribution in [0.15, 0.2) is 18.2 Å². The van der Waals surface area contributed by atoms with E-state index in [0.29, 0.717) is 0 Å². The summed E-state index contributed by atoms with van der Waals surface area (Å²) in [4.78, 5) is 10.9. The molecule has 0 aromatic heterocycles. The second kappa shape index (κ2) is 4.45. The van der Waals surface area contributed by atoms with E-state index in [1.54, 1.807) is 0 Å². The number of ether oxygens (including phenoxy) is 1. The van der Waals surface area contributed by atoms with Crippen LogP contribution in [0.1, 0.15) is 5.56 Å². The summed E-state index contributed by atoms with van der Waals surface area (Å²) >= 11 is 2.22. The van der Waals surface area contributed by atoms with Crippen molar-refractivity contribution in [2.24, 2.45) is 0 Å². The summed E-state index contributed by atoms with van der Waals surface area (Å²) < 4.78 is 5.61. The molecule has 13 heavy (non-hydrogen) atoms. The Hall–Kier alpha value is -0.780. The first-order valence-corrected chi connectivity index (χ1v) is 4.83. The second-order valence-electron chi connectivity index (χ2n) is 2.53. The number of amides is 1. The summed E-state index contributed by atoms with van der Waals surface area (Å²) in [5, 5.41) is 2.63. The van der Waals surface area contributed by atoms with Crippen LogP contribution in [-0.4, -0.2) is 13.2 Å². The monoisotopic (exact) mass is 291 g/mol. The fraction of sp³-hybridized carbons (Fsp3) is 0.222. The van der Waals surface area contributed by atoms with Crippen molar-refractivity contribution >= 4 is 34.4 Å². The largest absolute Gasteiger partial charge is 0.453 e. The predicted molar refractivity (Wildman–Crippen MR) is 59.9 cm³/mol. The molecule has 0 radical (unpaired) electrons. The Morgan fingerprint density at radius 1 is 1.54 bits per heavy atom. The smallest absolute Gasteiger partial charge is 0.411 e. The standard InChI is InChI=1S/C9H10INO2/c1-6-7(10)4-3-5-8(6)11-9(12)13-2/h3-5H,1-2H3,(H,11,12). The van der Waals surface area contributed by atoms with E-state index in [2.05, 4.69) is 32.6 Å². The molecule has 1 N–H and O–H groups in total. The van der Waals surface area contributed by atoms with Gasteiger partial charge in [0.2, 0.25) is 0 Å². The Balaban J connectivity index is 2.89. The van der Waals surface area contributed by atoms with Crippen molar-refractivity contribution in [1.82, 2.24) is 0 Å². The molecule has 1 rings (SSSR count). The van der Waals surface area contributed by atoms with E-state index in [9.17, 15) is 4.79 Å². The number of hydrogen-bond donors (Lipinski definition) is 1. The number of benzene rings is 1. The van der Waals surface area contributed by atoms with E-state index in [4.69, 9.17) is 0 Å². The summed E-state index contributed by atoms with van der Waals surface area (Å²) in [7, 11) is 1.35. The Kier molecular flexibility index (Phi) is 3.53. The highest BCUT2D eigenvalue weighted by Crippen LogP contribution is 2.20. The molecule has 1 aromatic rings. The van der Waals surface area contributed by atoms with Crippen LogP contribution in [0, 0.1) is 10.5 Å². The Bertz CT molecular complexity index is 325. The molecular formula is C9H10INO2. The fourth-order valence-corrected chi connectivity index (χ4v) is 1.40.